The molecule has 1 aliphatic rings. The molecule has 0 aromatic heterocycles. The predicted octanol–water partition coefficient (Wildman–Crippen LogP) is 2.67. The fraction of sp³-hybridized carbons (Fsp3) is 0.333. The van der Waals surface area contributed by atoms with Gasteiger partial charge in [-0.1, -0.05) is 23.2 Å². The summed E-state index contributed by atoms with van der Waals surface area (Å²) in [6.45, 7) is 2.94. The van der Waals surface area contributed by atoms with Crippen LogP contribution in [0.4, 0.5) is 0 Å². The maximum absolute atomic E-state index is 10.9. The van der Waals surface area contributed by atoms with Crippen molar-refractivity contribution in [3.05, 3.63) is 39.6 Å². The molecule has 0 amide bonds. The van der Waals surface area contributed by atoms with Gasteiger partial charge in [0.15, 0.2) is 11.5 Å². The highest BCUT2D eigenvalue weighted by Crippen LogP contribution is 2.39. The van der Waals surface area contributed by atoms with Crippen LogP contribution in [0.25, 0.3) is 5.76 Å². The highest BCUT2D eigenvalue weighted by molar-refractivity contribution is 7.84. The molecule has 1 aliphatic heterocycles. The predicted molar refractivity (Wildman–Crippen MR) is 78.7 cm³/mol. The fourth-order valence-electron chi connectivity index (χ4n) is 1.78. The minimum absolute atomic E-state index is 0.179. The molecule has 9 heteroatoms. The lowest BCUT2D eigenvalue weighted by Crippen LogP contribution is -2.22. The summed E-state index contributed by atoms with van der Waals surface area (Å²) in [7, 11) is -4.10. The van der Waals surface area contributed by atoms with E-state index in [9.17, 15) is 8.42 Å². The molecule has 0 saturated heterocycles. The van der Waals surface area contributed by atoms with Crippen LogP contribution in [-0.4, -0.2) is 20.8 Å². The quantitative estimate of drug-likeness (QED) is 0.898. The Morgan fingerprint density at radius 2 is 1.95 bits per heavy atom. The molecule has 6 nitrogen and oxygen atoms in total. The number of rotatable bonds is 4. The van der Waals surface area contributed by atoms with Gasteiger partial charge in [-0.25, -0.2) is 9.32 Å². The van der Waals surface area contributed by atoms with Crippen molar-refractivity contribution in [3.63, 3.8) is 0 Å². The van der Waals surface area contributed by atoms with Crippen LogP contribution in [0, 0.1) is 0 Å². The molecular formula is C12H13Cl2NO5S. The summed E-state index contributed by atoms with van der Waals surface area (Å²) in [6, 6.07) is 4.81. The Bertz CT molecular complexity index is 700. The number of nitrogens with two attached hydrogens (primary N) is 1. The summed E-state index contributed by atoms with van der Waals surface area (Å²) in [5, 5.41) is 5.61. The van der Waals surface area contributed by atoms with Gasteiger partial charge in [-0.15, -0.1) is 0 Å². The Balaban J connectivity index is 2.39. The molecule has 0 fully saturated rings. The number of hydrogen-bond acceptors (Lipinski definition) is 5. The van der Waals surface area contributed by atoms with E-state index in [0.717, 1.165) is 0 Å². The van der Waals surface area contributed by atoms with E-state index >= 15 is 0 Å². The van der Waals surface area contributed by atoms with Gasteiger partial charge in [0, 0.05) is 24.4 Å². The van der Waals surface area contributed by atoms with Crippen LogP contribution in [0.3, 0.4) is 0 Å². The van der Waals surface area contributed by atoms with Gasteiger partial charge in [0.1, 0.15) is 6.61 Å². The first-order valence-corrected chi connectivity index (χ1v) is 8.04. The van der Waals surface area contributed by atoms with Crippen LogP contribution in [0.15, 0.2) is 24.0 Å². The molecule has 1 heterocycles. The lowest BCUT2D eigenvalue weighted by Gasteiger charge is -2.19. The highest BCUT2D eigenvalue weighted by Gasteiger charge is 2.36. The Morgan fingerprint density at radius 3 is 2.52 bits per heavy atom. The van der Waals surface area contributed by atoms with E-state index in [0.29, 0.717) is 15.6 Å². The van der Waals surface area contributed by atoms with Crippen molar-refractivity contribution in [3.8, 4) is 0 Å². The van der Waals surface area contributed by atoms with Crippen LogP contribution >= 0.6 is 23.2 Å². The van der Waals surface area contributed by atoms with Gasteiger partial charge in [0.25, 0.3) is 0 Å². The molecule has 21 heavy (non-hydrogen) atoms. The van der Waals surface area contributed by atoms with Crippen LogP contribution in [0.5, 0.6) is 0 Å². The molecule has 0 saturated carbocycles. The lowest BCUT2D eigenvalue weighted by molar-refractivity contribution is -0.113. The van der Waals surface area contributed by atoms with Crippen LogP contribution in [0.1, 0.15) is 19.4 Å². The summed E-state index contributed by atoms with van der Waals surface area (Å²) in [6.07, 6.45) is 0. The van der Waals surface area contributed by atoms with Gasteiger partial charge in [-0.3, -0.25) is 0 Å². The maximum atomic E-state index is 10.9. The normalized spacial score (nSPS) is 17.6. The van der Waals surface area contributed by atoms with Gasteiger partial charge in [0.2, 0.25) is 5.79 Å². The van der Waals surface area contributed by atoms with Crippen molar-refractivity contribution in [2.45, 2.75) is 19.6 Å². The van der Waals surface area contributed by atoms with E-state index in [1.54, 1.807) is 26.0 Å². The second-order valence-electron chi connectivity index (χ2n) is 4.74. The Labute approximate surface area is 132 Å². The van der Waals surface area contributed by atoms with Crippen LogP contribution in [0.2, 0.25) is 10.0 Å². The fourth-order valence-corrected chi connectivity index (χ4v) is 2.54. The molecule has 0 atom stereocenters. The molecule has 1 aromatic carbocycles. The molecule has 116 valence electrons. The Morgan fingerprint density at radius 1 is 1.29 bits per heavy atom. The van der Waals surface area contributed by atoms with Crippen molar-refractivity contribution in [2.24, 2.45) is 5.14 Å². The molecule has 0 bridgehead atoms. The van der Waals surface area contributed by atoms with Gasteiger partial charge in [-0.2, -0.15) is 8.42 Å². The van der Waals surface area contributed by atoms with Gasteiger partial charge < -0.3 is 9.47 Å². The second-order valence-corrected chi connectivity index (χ2v) is 6.80. The topological polar surface area (TPSA) is 87.9 Å². The zero-order valence-corrected chi connectivity index (χ0v) is 13.6. The molecule has 0 unspecified atom stereocenters. The lowest BCUT2D eigenvalue weighted by atomic mass is 10.1. The van der Waals surface area contributed by atoms with Crippen LogP contribution in [-0.2, 0) is 24.0 Å². The average molecular weight is 354 g/mol. The van der Waals surface area contributed by atoms with Crippen molar-refractivity contribution in [1.82, 2.24) is 0 Å². The van der Waals surface area contributed by atoms with E-state index in [2.05, 4.69) is 4.18 Å². The molecule has 1 aromatic rings. The summed E-state index contributed by atoms with van der Waals surface area (Å²) < 4.78 is 37.5. The minimum Gasteiger partial charge on any atom is -0.451 e. The zero-order chi connectivity index (χ0) is 15.8. The first-order valence-electron chi connectivity index (χ1n) is 5.81. The van der Waals surface area contributed by atoms with Crippen molar-refractivity contribution in [2.75, 3.05) is 6.61 Å². The standard InChI is InChI=1S/C12H13Cl2NO5S/c1-12(2)19-10(6-18-21(15,16)17)11(20-12)8-4-3-7(13)5-9(8)14/h3-5H,6H2,1-2H3,(H2,15,16,17). The summed E-state index contributed by atoms with van der Waals surface area (Å²) in [5.74, 6) is -0.515. The minimum atomic E-state index is -4.10. The first-order chi connectivity index (χ1) is 9.57. The highest BCUT2D eigenvalue weighted by atomic mass is 35.5. The summed E-state index contributed by atoms with van der Waals surface area (Å²) >= 11 is 12.0. The third kappa shape index (κ3) is 4.24. The van der Waals surface area contributed by atoms with Crippen molar-refractivity contribution < 1.29 is 22.1 Å². The van der Waals surface area contributed by atoms with Crippen LogP contribution < -0.4 is 5.14 Å². The maximum Gasteiger partial charge on any atom is 0.333 e. The SMILES string of the molecule is CC1(C)OC(COS(N)(=O)=O)=C(c2ccc(Cl)cc2Cl)O1. The van der Waals surface area contributed by atoms with Gasteiger partial charge in [-0.05, 0) is 18.2 Å². The number of hydrogen-bond donors (Lipinski definition) is 1. The van der Waals surface area contributed by atoms with Crippen molar-refractivity contribution in [1.29, 1.82) is 0 Å². The van der Waals surface area contributed by atoms with Gasteiger partial charge >= 0.3 is 10.3 Å². The van der Waals surface area contributed by atoms with E-state index in [4.69, 9.17) is 37.8 Å². The molecular weight excluding hydrogens is 341 g/mol. The largest absolute Gasteiger partial charge is 0.451 e. The van der Waals surface area contributed by atoms with E-state index in [-0.39, 0.29) is 11.5 Å². The van der Waals surface area contributed by atoms with Crippen molar-refractivity contribution >= 4 is 39.3 Å². The Hall–Kier alpha value is -0.990. The molecule has 2 rings (SSSR count). The number of benzene rings is 1. The number of ether oxygens (including phenoxy) is 2. The monoisotopic (exact) mass is 353 g/mol. The third-order valence-electron chi connectivity index (χ3n) is 2.50. The number of halogens is 2. The van der Waals surface area contributed by atoms with E-state index in [1.807, 2.05) is 0 Å². The zero-order valence-electron chi connectivity index (χ0n) is 11.2. The second kappa shape index (κ2) is 5.66. The third-order valence-corrected chi connectivity index (χ3v) is 3.49. The summed E-state index contributed by atoms with van der Waals surface area (Å²) in [5.41, 5.74) is 0.514. The molecule has 0 radical (unpaired) electrons. The van der Waals surface area contributed by atoms with Gasteiger partial charge in [0.05, 0.1) is 5.02 Å². The Kier molecular flexibility index (Phi) is 4.41. The molecule has 2 N–H and O–H groups in total. The van der Waals surface area contributed by atoms with E-state index in [1.165, 1.54) is 6.07 Å². The first kappa shape index (κ1) is 16.4. The van der Waals surface area contributed by atoms with E-state index < -0.39 is 22.7 Å². The average Bonchev–Trinajstić information content (AvgIpc) is 2.61. The smallest absolute Gasteiger partial charge is 0.333 e. The molecule has 0 aliphatic carbocycles. The molecule has 0 spiro atoms. The summed E-state index contributed by atoms with van der Waals surface area (Å²) in [4.78, 5) is 0.